The van der Waals surface area contributed by atoms with E-state index in [1.807, 2.05) is 30.3 Å². The highest BCUT2D eigenvalue weighted by Crippen LogP contribution is 2.36. The van der Waals surface area contributed by atoms with Gasteiger partial charge in [0, 0.05) is 56.9 Å². The van der Waals surface area contributed by atoms with Crippen LogP contribution in [0.3, 0.4) is 0 Å². The molecule has 2 amide bonds. The lowest BCUT2D eigenvalue weighted by Crippen LogP contribution is -2.57. The van der Waals surface area contributed by atoms with Gasteiger partial charge in [-0.15, -0.1) is 0 Å². The number of nitrogens with zero attached hydrogens (tertiary/aromatic N) is 7. The summed E-state index contributed by atoms with van der Waals surface area (Å²) in [6.45, 7) is 12.9. The van der Waals surface area contributed by atoms with Crippen molar-refractivity contribution < 1.29 is 19.1 Å². The maximum atomic E-state index is 13.2. The third-order valence-corrected chi connectivity index (χ3v) is 9.02. The highest BCUT2D eigenvalue weighted by atomic mass is 16.6. The maximum Gasteiger partial charge on any atom is 0.410 e. The van der Waals surface area contributed by atoms with Gasteiger partial charge in [0.2, 0.25) is 12.5 Å². The predicted octanol–water partition coefficient (Wildman–Crippen LogP) is 5.10. The first kappa shape index (κ1) is 32.6. The molecule has 1 fully saturated rings. The minimum atomic E-state index is -0.424. The number of ether oxygens (including phenoxy) is 2. The summed E-state index contributed by atoms with van der Waals surface area (Å²) in [6, 6.07) is 22.2. The Morgan fingerprint density at radius 2 is 1.77 bits per heavy atom. The summed E-state index contributed by atoms with van der Waals surface area (Å²) in [6.07, 6.45) is 0.507. The molecular weight excluding hydrogens is 606 g/mol. The van der Waals surface area contributed by atoms with Gasteiger partial charge in [-0.25, -0.2) is 11.4 Å². The number of aromatic nitrogens is 2. The van der Waals surface area contributed by atoms with Gasteiger partial charge in [-0.1, -0.05) is 60.7 Å². The summed E-state index contributed by atoms with van der Waals surface area (Å²) in [4.78, 5) is 46.6. The summed E-state index contributed by atoms with van der Waals surface area (Å²) in [5, 5.41) is 2.43. The Morgan fingerprint density at radius 3 is 2.54 bits per heavy atom. The van der Waals surface area contributed by atoms with Crippen molar-refractivity contribution in [2.75, 3.05) is 63.2 Å². The fraction of sp³-hybridized carbons (Fsp3) is 0.378. The summed E-state index contributed by atoms with van der Waals surface area (Å²) < 4.78 is 11.7. The highest BCUT2D eigenvalue weighted by molar-refractivity contribution is 5.97. The molecule has 48 heavy (non-hydrogen) atoms. The van der Waals surface area contributed by atoms with E-state index < -0.39 is 6.09 Å². The predicted molar refractivity (Wildman–Crippen MR) is 185 cm³/mol. The number of carbonyl (C=O) groups is 2. The van der Waals surface area contributed by atoms with Gasteiger partial charge in [-0.2, -0.15) is 9.97 Å². The minimum Gasteiger partial charge on any atom is -0.463 e. The largest absolute Gasteiger partial charge is 0.463 e. The lowest BCUT2D eigenvalue weighted by atomic mass is 9.99. The zero-order chi connectivity index (χ0) is 33.6. The van der Waals surface area contributed by atoms with Crippen molar-refractivity contribution in [3.8, 4) is 6.01 Å². The first-order chi connectivity index (χ1) is 23.3. The van der Waals surface area contributed by atoms with Crippen molar-refractivity contribution in [3.63, 3.8) is 0 Å². The van der Waals surface area contributed by atoms with Crippen molar-refractivity contribution in [1.82, 2.24) is 19.8 Å². The molecule has 2 aliphatic rings. The average molecular weight is 648 g/mol. The van der Waals surface area contributed by atoms with Crippen LogP contribution in [0.15, 0.2) is 66.7 Å². The summed E-state index contributed by atoms with van der Waals surface area (Å²) in [7, 11) is 3.44. The Hall–Kier alpha value is -5.37. The fourth-order valence-electron chi connectivity index (χ4n) is 6.49. The second kappa shape index (κ2) is 14.6. The first-order valence-corrected chi connectivity index (χ1v) is 16.3. The van der Waals surface area contributed by atoms with E-state index in [2.05, 4.69) is 58.0 Å². The van der Waals surface area contributed by atoms with Crippen molar-refractivity contribution >= 4 is 34.3 Å². The third kappa shape index (κ3) is 7.13. The van der Waals surface area contributed by atoms with Crippen molar-refractivity contribution in [2.45, 2.75) is 39.0 Å². The summed E-state index contributed by atoms with van der Waals surface area (Å²) in [5.74, 6) is 0.720. The van der Waals surface area contributed by atoms with Crippen LogP contribution in [-0.2, 0) is 29.1 Å². The van der Waals surface area contributed by atoms with E-state index in [9.17, 15) is 9.59 Å². The molecular formula is C37H41N7O4. The second-order valence-electron chi connectivity index (χ2n) is 12.4. The molecule has 3 heterocycles. The van der Waals surface area contributed by atoms with Crippen LogP contribution in [-0.4, -0.2) is 91.2 Å². The number of anilines is 2. The molecule has 11 nitrogen and oxygen atoms in total. The first-order valence-electron chi connectivity index (χ1n) is 16.3. The molecule has 11 heteroatoms. The molecule has 6 rings (SSSR count). The van der Waals surface area contributed by atoms with Crippen molar-refractivity contribution in [2.24, 2.45) is 0 Å². The Morgan fingerprint density at radius 1 is 0.979 bits per heavy atom. The van der Waals surface area contributed by atoms with Crippen LogP contribution in [0, 0.1) is 13.5 Å². The maximum absolute atomic E-state index is 13.2. The van der Waals surface area contributed by atoms with Crippen LogP contribution in [0.25, 0.3) is 15.6 Å². The van der Waals surface area contributed by atoms with Crippen LogP contribution < -0.4 is 14.5 Å². The normalized spacial score (nSPS) is 15.9. The molecule has 248 valence electrons. The summed E-state index contributed by atoms with van der Waals surface area (Å²) in [5.41, 5.74) is 5.21. The van der Waals surface area contributed by atoms with Gasteiger partial charge in [0.05, 0.1) is 18.7 Å². The minimum absolute atomic E-state index is 0.0389. The zero-order valence-electron chi connectivity index (χ0n) is 27.8. The van der Waals surface area contributed by atoms with Crippen molar-refractivity contribution in [1.29, 1.82) is 0 Å². The number of hydrogen-bond donors (Lipinski definition) is 0. The number of piperazine rings is 1. The fourth-order valence-corrected chi connectivity index (χ4v) is 6.49. The van der Waals surface area contributed by atoms with Crippen LogP contribution in [0.5, 0.6) is 6.01 Å². The zero-order valence-corrected chi connectivity index (χ0v) is 27.8. The monoisotopic (exact) mass is 647 g/mol. The molecule has 0 saturated carbocycles. The number of fused-ring (bicyclic) bond motifs is 2. The van der Waals surface area contributed by atoms with E-state index in [4.69, 9.17) is 26.0 Å². The van der Waals surface area contributed by atoms with Gasteiger partial charge in [0.25, 0.3) is 0 Å². The Bertz CT molecular complexity index is 1820. The van der Waals surface area contributed by atoms with Gasteiger partial charge < -0.3 is 29.0 Å². The molecule has 1 aromatic heterocycles. The SMILES string of the molecule is [C-]#[N+]C[C@H]1CN(c2nc(OCCC(=O)N(C)C)nc3c2CCN(c2cccc4cccc(C)c24)C3)CCN1C(=O)OCc1ccccc1. The third-order valence-electron chi connectivity index (χ3n) is 9.02. The van der Waals surface area contributed by atoms with Crippen LogP contribution in [0.1, 0.15) is 28.8 Å². The Kier molecular flexibility index (Phi) is 9.90. The van der Waals surface area contributed by atoms with E-state index in [0.29, 0.717) is 26.2 Å². The van der Waals surface area contributed by atoms with Gasteiger partial charge >= 0.3 is 12.1 Å². The molecule has 0 spiro atoms. The molecule has 1 saturated heterocycles. The smallest absolute Gasteiger partial charge is 0.410 e. The molecule has 0 radical (unpaired) electrons. The number of benzene rings is 3. The Balaban J connectivity index is 1.27. The topological polar surface area (TPSA) is 95.7 Å². The van der Waals surface area contributed by atoms with Crippen molar-refractivity contribution in [3.05, 3.63) is 101 Å². The molecule has 1 atom stereocenters. The average Bonchev–Trinajstić information content (AvgIpc) is 3.10. The summed E-state index contributed by atoms with van der Waals surface area (Å²) >= 11 is 0. The van der Waals surface area contributed by atoms with E-state index in [-0.39, 0.29) is 44.1 Å². The number of amides is 2. The van der Waals surface area contributed by atoms with Gasteiger partial charge in [-0.3, -0.25) is 9.69 Å². The molecule has 0 unspecified atom stereocenters. The lowest BCUT2D eigenvalue weighted by Gasteiger charge is -2.40. The standard InChI is InChI=1S/C37H41N7O4/c1-26-10-8-13-28-14-9-15-32(34(26)28)42-18-16-30-31(24-42)39-36(47-21-17-33(45)41(3)4)40-35(30)43-19-20-44(29(23-43)22-38-2)37(46)48-25-27-11-6-5-7-12-27/h5-15,29H,16-25H2,1,3-4H3/t29-/m0/s1. The van der Waals surface area contributed by atoms with Crippen LogP contribution in [0.4, 0.5) is 16.3 Å². The quantitative estimate of drug-likeness (QED) is 0.232. The molecule has 0 aliphatic carbocycles. The van der Waals surface area contributed by atoms with E-state index in [0.717, 1.165) is 41.3 Å². The molecule has 4 aromatic rings. The van der Waals surface area contributed by atoms with E-state index >= 15 is 0 Å². The number of hydrogen-bond acceptors (Lipinski definition) is 8. The van der Waals surface area contributed by atoms with Gasteiger partial charge in [0.15, 0.2) is 0 Å². The second-order valence-corrected chi connectivity index (χ2v) is 12.4. The van der Waals surface area contributed by atoms with E-state index in [1.54, 1.807) is 19.0 Å². The Labute approximate surface area is 281 Å². The number of aryl methyl sites for hydroxylation is 1. The van der Waals surface area contributed by atoms with Crippen LogP contribution in [0.2, 0.25) is 0 Å². The molecule has 3 aromatic carbocycles. The highest BCUT2D eigenvalue weighted by Gasteiger charge is 2.36. The number of rotatable bonds is 9. The molecule has 2 aliphatic heterocycles. The number of carbonyl (C=O) groups excluding carboxylic acids is 2. The molecule has 0 N–H and O–H groups in total. The molecule has 0 bridgehead atoms. The van der Waals surface area contributed by atoms with Gasteiger partial charge in [0.1, 0.15) is 25.1 Å². The van der Waals surface area contributed by atoms with Crippen LogP contribution >= 0.6 is 0 Å². The van der Waals surface area contributed by atoms with E-state index in [1.165, 1.54) is 21.2 Å². The van der Waals surface area contributed by atoms with Gasteiger partial charge in [-0.05, 0) is 35.9 Å². The lowest BCUT2D eigenvalue weighted by molar-refractivity contribution is -0.129.